The predicted molar refractivity (Wildman–Crippen MR) is 55.7 cm³/mol. The number of nitrogens with one attached hydrogen (secondary N) is 1. The fraction of sp³-hybridized carbons (Fsp3) is 1.00. The van der Waals surface area contributed by atoms with Crippen molar-refractivity contribution in [1.29, 1.82) is 0 Å². The summed E-state index contributed by atoms with van der Waals surface area (Å²) in [5, 5.41) is 13.2. The van der Waals surface area contributed by atoms with Crippen molar-refractivity contribution in [3.8, 4) is 0 Å². The average Bonchev–Trinajstić information content (AvgIpc) is 2.16. The predicted octanol–water partition coefficient (Wildman–Crippen LogP) is 1.93. The summed E-state index contributed by atoms with van der Waals surface area (Å²) < 4.78 is 0. The molecule has 0 bridgehead atoms. The van der Waals surface area contributed by atoms with Crippen LogP contribution in [0.25, 0.3) is 0 Å². The molecule has 1 rings (SSSR count). The lowest BCUT2D eigenvalue weighted by Gasteiger charge is -2.28. The SMILES string of the molecule is CCC(C)NC[C@@H]1CCCC[C@@H]1O. The zero-order chi connectivity index (χ0) is 9.68. The largest absolute Gasteiger partial charge is 0.393 e. The molecule has 0 spiro atoms. The van der Waals surface area contributed by atoms with Gasteiger partial charge in [-0.05, 0) is 32.1 Å². The van der Waals surface area contributed by atoms with Crippen LogP contribution in [0.2, 0.25) is 0 Å². The number of hydrogen-bond acceptors (Lipinski definition) is 2. The minimum atomic E-state index is -0.0506. The Balaban J connectivity index is 2.18. The Morgan fingerprint density at radius 3 is 2.69 bits per heavy atom. The Hall–Kier alpha value is -0.0800. The molecule has 0 aliphatic heterocycles. The van der Waals surface area contributed by atoms with E-state index in [-0.39, 0.29) is 6.10 Å². The van der Waals surface area contributed by atoms with Crippen molar-refractivity contribution in [3.63, 3.8) is 0 Å². The monoisotopic (exact) mass is 185 g/mol. The maximum Gasteiger partial charge on any atom is 0.0580 e. The van der Waals surface area contributed by atoms with Gasteiger partial charge in [-0.25, -0.2) is 0 Å². The van der Waals surface area contributed by atoms with Crippen LogP contribution in [0.5, 0.6) is 0 Å². The van der Waals surface area contributed by atoms with Crippen LogP contribution in [0.15, 0.2) is 0 Å². The quantitative estimate of drug-likeness (QED) is 0.701. The highest BCUT2D eigenvalue weighted by atomic mass is 16.3. The van der Waals surface area contributed by atoms with Crippen molar-refractivity contribution in [2.45, 2.75) is 58.1 Å². The van der Waals surface area contributed by atoms with Gasteiger partial charge >= 0.3 is 0 Å². The second-order valence-corrected chi connectivity index (χ2v) is 4.33. The standard InChI is InChI=1S/C11H23NO/c1-3-9(2)12-8-10-6-4-5-7-11(10)13/h9-13H,3-8H2,1-2H3/t9?,10-,11-/m0/s1. The fourth-order valence-electron chi connectivity index (χ4n) is 1.92. The summed E-state index contributed by atoms with van der Waals surface area (Å²) in [7, 11) is 0. The van der Waals surface area contributed by atoms with E-state index in [9.17, 15) is 5.11 Å². The van der Waals surface area contributed by atoms with Gasteiger partial charge in [0.05, 0.1) is 6.10 Å². The lowest BCUT2D eigenvalue weighted by atomic mass is 9.86. The molecule has 0 saturated heterocycles. The summed E-state index contributed by atoms with van der Waals surface area (Å²) in [4.78, 5) is 0. The molecule has 2 N–H and O–H groups in total. The van der Waals surface area contributed by atoms with Gasteiger partial charge in [-0.1, -0.05) is 19.8 Å². The smallest absolute Gasteiger partial charge is 0.0580 e. The maximum absolute atomic E-state index is 9.71. The molecule has 1 unspecified atom stereocenters. The first kappa shape index (κ1) is 11.0. The normalized spacial score (nSPS) is 31.6. The molecule has 0 aromatic carbocycles. The Labute approximate surface area is 81.7 Å². The molecular weight excluding hydrogens is 162 g/mol. The van der Waals surface area contributed by atoms with Crippen LogP contribution in [0.3, 0.4) is 0 Å². The summed E-state index contributed by atoms with van der Waals surface area (Å²) >= 11 is 0. The van der Waals surface area contributed by atoms with Crippen LogP contribution < -0.4 is 5.32 Å². The minimum absolute atomic E-state index is 0.0506. The van der Waals surface area contributed by atoms with Crippen molar-refractivity contribution >= 4 is 0 Å². The van der Waals surface area contributed by atoms with E-state index in [0.29, 0.717) is 12.0 Å². The van der Waals surface area contributed by atoms with Gasteiger partial charge in [0, 0.05) is 12.6 Å². The minimum Gasteiger partial charge on any atom is -0.393 e. The second-order valence-electron chi connectivity index (χ2n) is 4.33. The summed E-state index contributed by atoms with van der Waals surface area (Å²) in [5.74, 6) is 0.503. The molecule has 2 nitrogen and oxygen atoms in total. The molecule has 78 valence electrons. The summed E-state index contributed by atoms with van der Waals surface area (Å²) in [5.41, 5.74) is 0. The first-order valence-electron chi connectivity index (χ1n) is 5.65. The van der Waals surface area contributed by atoms with Gasteiger partial charge < -0.3 is 10.4 Å². The molecule has 0 amide bonds. The molecule has 0 aromatic heterocycles. The Morgan fingerprint density at radius 1 is 1.38 bits per heavy atom. The van der Waals surface area contributed by atoms with Gasteiger partial charge in [0.25, 0.3) is 0 Å². The Bertz CT molecular complexity index is 138. The molecule has 3 atom stereocenters. The maximum atomic E-state index is 9.71. The van der Waals surface area contributed by atoms with Crippen LogP contribution >= 0.6 is 0 Å². The van der Waals surface area contributed by atoms with E-state index in [1.54, 1.807) is 0 Å². The van der Waals surface area contributed by atoms with Gasteiger partial charge in [-0.15, -0.1) is 0 Å². The van der Waals surface area contributed by atoms with Crippen molar-refractivity contribution in [2.24, 2.45) is 5.92 Å². The van der Waals surface area contributed by atoms with E-state index in [1.165, 1.54) is 25.7 Å². The van der Waals surface area contributed by atoms with Gasteiger partial charge in [0.15, 0.2) is 0 Å². The zero-order valence-electron chi connectivity index (χ0n) is 8.92. The third-order valence-electron chi connectivity index (χ3n) is 3.21. The number of hydrogen-bond donors (Lipinski definition) is 2. The molecule has 2 heteroatoms. The van der Waals surface area contributed by atoms with E-state index in [0.717, 1.165) is 13.0 Å². The number of rotatable bonds is 4. The highest BCUT2D eigenvalue weighted by molar-refractivity contribution is 4.77. The van der Waals surface area contributed by atoms with E-state index in [1.807, 2.05) is 0 Å². The first-order chi connectivity index (χ1) is 6.24. The lowest BCUT2D eigenvalue weighted by Crippen LogP contribution is -2.37. The highest BCUT2D eigenvalue weighted by Gasteiger charge is 2.22. The van der Waals surface area contributed by atoms with Crippen molar-refractivity contribution < 1.29 is 5.11 Å². The first-order valence-corrected chi connectivity index (χ1v) is 5.65. The summed E-state index contributed by atoms with van der Waals surface area (Å²) in [6.45, 7) is 5.39. The molecule has 1 aliphatic carbocycles. The van der Waals surface area contributed by atoms with E-state index in [2.05, 4.69) is 19.2 Å². The molecule has 0 heterocycles. The Morgan fingerprint density at radius 2 is 2.08 bits per heavy atom. The number of aliphatic hydroxyl groups excluding tert-OH is 1. The third-order valence-corrected chi connectivity index (χ3v) is 3.21. The van der Waals surface area contributed by atoms with Crippen LogP contribution in [0, 0.1) is 5.92 Å². The molecule has 0 aromatic rings. The fourth-order valence-corrected chi connectivity index (χ4v) is 1.92. The van der Waals surface area contributed by atoms with Gasteiger partial charge in [-0.3, -0.25) is 0 Å². The summed E-state index contributed by atoms with van der Waals surface area (Å²) in [6.07, 6.45) is 5.83. The van der Waals surface area contributed by atoms with Crippen LogP contribution in [0.4, 0.5) is 0 Å². The zero-order valence-corrected chi connectivity index (χ0v) is 8.92. The molecule has 1 fully saturated rings. The molecule has 0 radical (unpaired) electrons. The summed E-state index contributed by atoms with van der Waals surface area (Å²) in [6, 6.07) is 0.592. The van der Waals surface area contributed by atoms with Gasteiger partial charge in [0.1, 0.15) is 0 Å². The van der Waals surface area contributed by atoms with Crippen LogP contribution in [-0.4, -0.2) is 23.8 Å². The molecule has 1 aliphatic rings. The van der Waals surface area contributed by atoms with E-state index < -0.39 is 0 Å². The molecule has 1 saturated carbocycles. The topological polar surface area (TPSA) is 32.3 Å². The average molecular weight is 185 g/mol. The van der Waals surface area contributed by atoms with Gasteiger partial charge in [-0.2, -0.15) is 0 Å². The van der Waals surface area contributed by atoms with Crippen LogP contribution in [0.1, 0.15) is 46.0 Å². The van der Waals surface area contributed by atoms with E-state index in [4.69, 9.17) is 0 Å². The van der Waals surface area contributed by atoms with Crippen molar-refractivity contribution in [1.82, 2.24) is 5.32 Å². The lowest BCUT2D eigenvalue weighted by molar-refractivity contribution is 0.0683. The second kappa shape index (κ2) is 5.61. The molecule has 13 heavy (non-hydrogen) atoms. The van der Waals surface area contributed by atoms with Crippen molar-refractivity contribution in [3.05, 3.63) is 0 Å². The Kier molecular flexibility index (Phi) is 4.74. The number of aliphatic hydroxyl groups is 1. The third kappa shape index (κ3) is 3.65. The highest BCUT2D eigenvalue weighted by Crippen LogP contribution is 2.23. The van der Waals surface area contributed by atoms with E-state index >= 15 is 0 Å². The van der Waals surface area contributed by atoms with Gasteiger partial charge in [0.2, 0.25) is 0 Å². The van der Waals surface area contributed by atoms with Crippen molar-refractivity contribution in [2.75, 3.05) is 6.54 Å². The molecular formula is C11H23NO. The van der Waals surface area contributed by atoms with Crippen LogP contribution in [-0.2, 0) is 0 Å².